The molecule has 1 heterocycles. The summed E-state index contributed by atoms with van der Waals surface area (Å²) in [5.41, 5.74) is -0.190. The Morgan fingerprint density at radius 2 is 1.68 bits per heavy atom. The van der Waals surface area contributed by atoms with Crippen LogP contribution in [0.1, 0.15) is 39.1 Å². The third-order valence-corrected chi connectivity index (χ3v) is 5.59. The molecule has 2 amide bonds. The minimum atomic E-state index is -4.48. The van der Waals surface area contributed by atoms with Crippen molar-refractivity contribution >= 4 is 11.8 Å². The van der Waals surface area contributed by atoms with Crippen LogP contribution in [-0.4, -0.2) is 35.3 Å². The van der Waals surface area contributed by atoms with E-state index in [1.54, 1.807) is 29.2 Å². The van der Waals surface area contributed by atoms with Gasteiger partial charge < -0.3 is 10.2 Å². The van der Waals surface area contributed by atoms with Gasteiger partial charge in [0.2, 0.25) is 0 Å². The number of benzene rings is 2. The first kappa shape index (κ1) is 18.5. The average molecular weight is 388 g/mol. The molecule has 146 valence electrons. The fraction of sp³-hybridized carbons (Fsp3) is 0.333. The highest BCUT2D eigenvalue weighted by molar-refractivity contribution is 5.95. The van der Waals surface area contributed by atoms with Gasteiger partial charge in [-0.3, -0.25) is 9.59 Å². The summed E-state index contributed by atoms with van der Waals surface area (Å²) < 4.78 is 38.7. The second-order valence-electron chi connectivity index (χ2n) is 7.37. The molecule has 2 aromatic carbocycles. The molecule has 3 atom stereocenters. The van der Waals surface area contributed by atoms with E-state index in [2.05, 4.69) is 5.32 Å². The molecule has 28 heavy (non-hydrogen) atoms. The molecule has 1 N–H and O–H groups in total. The zero-order chi connectivity index (χ0) is 19.9. The molecular weight excluding hydrogens is 369 g/mol. The molecular formula is C21H19F3N2O2. The van der Waals surface area contributed by atoms with Gasteiger partial charge in [-0.05, 0) is 49.1 Å². The number of amides is 2. The predicted octanol–water partition coefficient (Wildman–Crippen LogP) is 3.74. The Morgan fingerprint density at radius 3 is 2.32 bits per heavy atom. The highest BCUT2D eigenvalue weighted by Crippen LogP contribution is 2.39. The average Bonchev–Trinajstić information content (AvgIpc) is 3.28. The van der Waals surface area contributed by atoms with E-state index < -0.39 is 11.7 Å². The number of rotatable bonds is 3. The molecule has 2 aromatic rings. The molecule has 2 bridgehead atoms. The number of carbonyl (C=O) groups is 2. The Bertz CT molecular complexity index is 898. The molecule has 2 aliphatic rings. The molecule has 1 saturated carbocycles. The number of nitrogens with one attached hydrogen (secondary N) is 1. The van der Waals surface area contributed by atoms with E-state index in [1.165, 1.54) is 12.1 Å². The summed E-state index contributed by atoms with van der Waals surface area (Å²) in [6, 6.07) is 13.4. The van der Waals surface area contributed by atoms with Crippen molar-refractivity contribution in [1.82, 2.24) is 10.2 Å². The van der Waals surface area contributed by atoms with Gasteiger partial charge in [0.05, 0.1) is 5.56 Å². The molecule has 1 saturated heterocycles. The fourth-order valence-corrected chi connectivity index (χ4v) is 4.21. The van der Waals surface area contributed by atoms with Crippen LogP contribution in [0.25, 0.3) is 0 Å². The van der Waals surface area contributed by atoms with Crippen LogP contribution >= 0.6 is 0 Å². The molecule has 7 heteroatoms. The first-order valence-electron chi connectivity index (χ1n) is 9.17. The van der Waals surface area contributed by atoms with Crippen molar-refractivity contribution in [3.8, 4) is 0 Å². The SMILES string of the molecule is O=C(NC1CC2CC1CN2C(=O)c1cccc(C(F)(F)F)c1)c1ccccc1. The van der Waals surface area contributed by atoms with Gasteiger partial charge in [-0.1, -0.05) is 24.3 Å². The van der Waals surface area contributed by atoms with Crippen LogP contribution in [0.3, 0.4) is 0 Å². The third kappa shape index (κ3) is 3.48. The molecule has 1 aliphatic carbocycles. The topological polar surface area (TPSA) is 49.4 Å². The lowest BCUT2D eigenvalue weighted by molar-refractivity contribution is -0.137. The minimum absolute atomic E-state index is 0.0248. The van der Waals surface area contributed by atoms with Gasteiger partial charge >= 0.3 is 6.18 Å². The lowest BCUT2D eigenvalue weighted by Gasteiger charge is -2.32. The zero-order valence-corrected chi connectivity index (χ0v) is 14.9. The van der Waals surface area contributed by atoms with Crippen LogP contribution in [0, 0.1) is 5.92 Å². The number of hydrogen-bond donors (Lipinski definition) is 1. The number of halogens is 3. The maximum Gasteiger partial charge on any atom is 0.416 e. The van der Waals surface area contributed by atoms with Crippen molar-refractivity contribution < 1.29 is 22.8 Å². The predicted molar refractivity (Wildman–Crippen MR) is 96.7 cm³/mol. The molecule has 4 rings (SSSR count). The monoisotopic (exact) mass is 388 g/mol. The van der Waals surface area contributed by atoms with E-state index >= 15 is 0 Å². The van der Waals surface area contributed by atoms with E-state index in [0.717, 1.165) is 18.6 Å². The summed E-state index contributed by atoms with van der Waals surface area (Å²) >= 11 is 0. The van der Waals surface area contributed by atoms with Crippen LogP contribution in [0.5, 0.6) is 0 Å². The van der Waals surface area contributed by atoms with Crippen molar-refractivity contribution in [3.63, 3.8) is 0 Å². The summed E-state index contributed by atoms with van der Waals surface area (Å²) in [5, 5.41) is 3.03. The molecule has 0 aromatic heterocycles. The van der Waals surface area contributed by atoms with Crippen LogP contribution in [0.2, 0.25) is 0 Å². The number of carbonyl (C=O) groups excluding carboxylic acids is 2. The van der Waals surface area contributed by atoms with Crippen molar-refractivity contribution in [2.45, 2.75) is 31.1 Å². The lowest BCUT2D eigenvalue weighted by atomic mass is 10.0. The first-order chi connectivity index (χ1) is 13.3. The summed E-state index contributed by atoms with van der Waals surface area (Å²) in [5.74, 6) is -0.409. The highest BCUT2D eigenvalue weighted by atomic mass is 19.4. The molecule has 0 radical (unpaired) electrons. The fourth-order valence-electron chi connectivity index (χ4n) is 4.21. The summed E-state index contributed by atoms with van der Waals surface area (Å²) in [4.78, 5) is 26.7. The summed E-state index contributed by atoms with van der Waals surface area (Å²) in [7, 11) is 0. The van der Waals surface area contributed by atoms with Crippen LogP contribution in [-0.2, 0) is 6.18 Å². The second-order valence-corrected chi connectivity index (χ2v) is 7.37. The molecule has 2 fully saturated rings. The smallest absolute Gasteiger partial charge is 0.349 e. The number of fused-ring (bicyclic) bond motifs is 2. The van der Waals surface area contributed by atoms with E-state index in [-0.39, 0.29) is 35.4 Å². The van der Waals surface area contributed by atoms with Gasteiger partial charge in [-0.25, -0.2) is 0 Å². The van der Waals surface area contributed by atoms with Crippen LogP contribution in [0.4, 0.5) is 13.2 Å². The Morgan fingerprint density at radius 1 is 0.964 bits per heavy atom. The van der Waals surface area contributed by atoms with Crippen molar-refractivity contribution in [2.75, 3.05) is 6.54 Å². The second kappa shape index (κ2) is 6.96. The Kier molecular flexibility index (Phi) is 4.61. The van der Waals surface area contributed by atoms with Gasteiger partial charge in [-0.15, -0.1) is 0 Å². The number of alkyl halides is 3. The number of piperidine rings is 1. The van der Waals surface area contributed by atoms with Gasteiger partial charge in [0.25, 0.3) is 11.8 Å². The quantitative estimate of drug-likeness (QED) is 0.871. The van der Waals surface area contributed by atoms with Gasteiger partial charge in [0.1, 0.15) is 0 Å². The summed E-state index contributed by atoms with van der Waals surface area (Å²) in [6.45, 7) is 0.444. The van der Waals surface area contributed by atoms with E-state index in [1.807, 2.05) is 6.07 Å². The number of likely N-dealkylation sites (tertiary alicyclic amines) is 1. The standard InChI is InChI=1S/C21H19F3N2O2/c22-21(23,24)16-8-4-7-14(9-16)20(28)26-12-15-10-17(26)11-18(15)25-19(27)13-5-2-1-3-6-13/h1-9,15,17-18H,10-12H2,(H,25,27). The first-order valence-corrected chi connectivity index (χ1v) is 9.17. The van der Waals surface area contributed by atoms with Gasteiger partial charge in [0.15, 0.2) is 0 Å². The maximum absolute atomic E-state index is 12.9. The minimum Gasteiger partial charge on any atom is -0.349 e. The molecule has 1 aliphatic heterocycles. The number of hydrogen-bond acceptors (Lipinski definition) is 2. The maximum atomic E-state index is 12.9. The van der Waals surface area contributed by atoms with E-state index in [0.29, 0.717) is 18.5 Å². The summed E-state index contributed by atoms with van der Waals surface area (Å²) in [6.07, 6.45) is -3.11. The van der Waals surface area contributed by atoms with E-state index in [4.69, 9.17) is 0 Å². The Labute approximate surface area is 160 Å². The highest BCUT2D eigenvalue weighted by Gasteiger charge is 2.47. The molecule has 0 spiro atoms. The van der Waals surface area contributed by atoms with Gasteiger partial charge in [-0.2, -0.15) is 13.2 Å². The number of nitrogens with zero attached hydrogens (tertiary/aromatic N) is 1. The van der Waals surface area contributed by atoms with E-state index in [9.17, 15) is 22.8 Å². The third-order valence-electron chi connectivity index (χ3n) is 5.59. The molecule has 4 nitrogen and oxygen atoms in total. The van der Waals surface area contributed by atoms with Crippen LogP contribution in [0.15, 0.2) is 54.6 Å². The Balaban J connectivity index is 1.42. The lowest BCUT2D eigenvalue weighted by Crippen LogP contribution is -2.47. The normalized spacial score (nSPS) is 23.7. The van der Waals surface area contributed by atoms with Crippen molar-refractivity contribution in [1.29, 1.82) is 0 Å². The molecule has 3 unspecified atom stereocenters. The van der Waals surface area contributed by atoms with Crippen molar-refractivity contribution in [2.24, 2.45) is 5.92 Å². The van der Waals surface area contributed by atoms with Crippen molar-refractivity contribution in [3.05, 3.63) is 71.3 Å². The van der Waals surface area contributed by atoms with Gasteiger partial charge in [0, 0.05) is 29.8 Å². The largest absolute Gasteiger partial charge is 0.416 e. The zero-order valence-electron chi connectivity index (χ0n) is 14.9. The van der Waals surface area contributed by atoms with Crippen LogP contribution < -0.4 is 5.32 Å². The Hall–Kier alpha value is -2.83.